The minimum atomic E-state index is -1.05. The highest BCUT2D eigenvalue weighted by molar-refractivity contribution is 5.95. The molecule has 0 spiro atoms. The van der Waals surface area contributed by atoms with E-state index in [1.54, 1.807) is 40.8 Å². The van der Waals surface area contributed by atoms with Crippen molar-refractivity contribution in [2.24, 2.45) is 12.5 Å². The summed E-state index contributed by atoms with van der Waals surface area (Å²) in [6.45, 7) is 7.07. The zero-order valence-electron chi connectivity index (χ0n) is 11.3. The number of nitrogens with one attached hydrogen (secondary N) is 1. The van der Waals surface area contributed by atoms with Crippen molar-refractivity contribution in [3.05, 3.63) is 17.5 Å². The zero-order chi connectivity index (χ0) is 14.1. The Hall–Kier alpha value is -1.85. The van der Waals surface area contributed by atoms with Crippen LogP contribution in [-0.2, 0) is 11.8 Å². The molecule has 6 heteroatoms. The van der Waals surface area contributed by atoms with Gasteiger partial charge in [-0.05, 0) is 18.4 Å². The molecule has 1 amide bonds. The third-order valence-electron chi connectivity index (χ3n) is 2.62. The summed E-state index contributed by atoms with van der Waals surface area (Å²) >= 11 is 0. The molecule has 0 fully saturated rings. The highest BCUT2D eigenvalue weighted by Gasteiger charge is 2.33. The summed E-state index contributed by atoms with van der Waals surface area (Å²) in [6.07, 6.45) is 0. The maximum absolute atomic E-state index is 12.0. The quantitative estimate of drug-likeness (QED) is 0.840. The molecule has 1 atom stereocenters. The average molecular weight is 253 g/mol. The molecule has 0 aliphatic rings. The second kappa shape index (κ2) is 4.80. The lowest BCUT2D eigenvalue weighted by molar-refractivity contribution is -0.142. The third kappa shape index (κ3) is 3.09. The van der Waals surface area contributed by atoms with Gasteiger partial charge in [-0.2, -0.15) is 5.10 Å². The number of nitrogens with zero attached hydrogens (tertiary/aromatic N) is 2. The Morgan fingerprint density at radius 2 is 2.00 bits per heavy atom. The first-order chi connectivity index (χ1) is 8.12. The SMILES string of the molecule is Cc1cc(C(=O)NC(C(=O)O)C(C)(C)C)n(C)n1. The summed E-state index contributed by atoms with van der Waals surface area (Å²) in [4.78, 5) is 23.2. The van der Waals surface area contributed by atoms with Crippen molar-refractivity contribution in [2.45, 2.75) is 33.7 Å². The smallest absolute Gasteiger partial charge is 0.326 e. The van der Waals surface area contributed by atoms with Crippen LogP contribution < -0.4 is 5.32 Å². The average Bonchev–Trinajstić information content (AvgIpc) is 2.51. The van der Waals surface area contributed by atoms with Crippen LogP contribution in [-0.4, -0.2) is 32.8 Å². The van der Waals surface area contributed by atoms with Crippen LogP contribution in [0.5, 0.6) is 0 Å². The van der Waals surface area contributed by atoms with Gasteiger partial charge in [-0.15, -0.1) is 0 Å². The van der Waals surface area contributed by atoms with E-state index >= 15 is 0 Å². The van der Waals surface area contributed by atoms with Crippen molar-refractivity contribution in [3.63, 3.8) is 0 Å². The number of hydrogen-bond acceptors (Lipinski definition) is 3. The number of carbonyl (C=O) groups is 2. The maximum Gasteiger partial charge on any atom is 0.326 e. The number of carbonyl (C=O) groups excluding carboxylic acids is 1. The van der Waals surface area contributed by atoms with Gasteiger partial charge in [0.25, 0.3) is 5.91 Å². The van der Waals surface area contributed by atoms with E-state index in [9.17, 15) is 9.59 Å². The molecule has 0 saturated heterocycles. The lowest BCUT2D eigenvalue weighted by atomic mass is 9.86. The molecule has 1 unspecified atom stereocenters. The summed E-state index contributed by atoms with van der Waals surface area (Å²) in [7, 11) is 1.65. The number of aliphatic carboxylic acids is 1. The van der Waals surface area contributed by atoms with Crippen LogP contribution in [0.15, 0.2) is 6.07 Å². The van der Waals surface area contributed by atoms with Gasteiger partial charge in [0.05, 0.1) is 5.69 Å². The summed E-state index contributed by atoms with van der Waals surface area (Å²) in [5.74, 6) is -1.48. The van der Waals surface area contributed by atoms with Gasteiger partial charge in [-0.1, -0.05) is 20.8 Å². The van der Waals surface area contributed by atoms with Gasteiger partial charge < -0.3 is 10.4 Å². The molecule has 0 bridgehead atoms. The van der Waals surface area contributed by atoms with Gasteiger partial charge in [0.1, 0.15) is 11.7 Å². The highest BCUT2D eigenvalue weighted by atomic mass is 16.4. The van der Waals surface area contributed by atoms with E-state index in [2.05, 4.69) is 10.4 Å². The van der Waals surface area contributed by atoms with Crippen LogP contribution >= 0.6 is 0 Å². The molecule has 1 aromatic rings. The minimum absolute atomic E-state index is 0.350. The van der Waals surface area contributed by atoms with Crippen LogP contribution in [0, 0.1) is 12.3 Å². The summed E-state index contributed by atoms with van der Waals surface area (Å²) in [5.41, 5.74) is 0.503. The lowest BCUT2D eigenvalue weighted by Crippen LogP contribution is -2.49. The maximum atomic E-state index is 12.0. The minimum Gasteiger partial charge on any atom is -0.480 e. The molecule has 0 radical (unpaired) electrons. The Labute approximate surface area is 106 Å². The monoisotopic (exact) mass is 253 g/mol. The molecular weight excluding hydrogens is 234 g/mol. The topological polar surface area (TPSA) is 84.2 Å². The van der Waals surface area contributed by atoms with Gasteiger partial charge in [-0.25, -0.2) is 4.79 Å². The molecule has 100 valence electrons. The van der Waals surface area contributed by atoms with Gasteiger partial charge >= 0.3 is 5.97 Å². The van der Waals surface area contributed by atoms with E-state index in [1.807, 2.05) is 0 Å². The first kappa shape index (κ1) is 14.2. The second-order valence-corrected chi connectivity index (χ2v) is 5.41. The van der Waals surface area contributed by atoms with Crippen LogP contribution in [0.1, 0.15) is 37.0 Å². The van der Waals surface area contributed by atoms with Gasteiger partial charge in [0.2, 0.25) is 0 Å². The fourth-order valence-electron chi connectivity index (χ4n) is 1.68. The van der Waals surface area contributed by atoms with Crippen molar-refractivity contribution < 1.29 is 14.7 Å². The molecule has 1 heterocycles. The molecule has 1 rings (SSSR count). The van der Waals surface area contributed by atoms with Gasteiger partial charge in [-0.3, -0.25) is 9.48 Å². The summed E-state index contributed by atoms with van der Waals surface area (Å²) < 4.78 is 1.44. The Balaban J connectivity index is 2.93. The van der Waals surface area contributed by atoms with Crippen LogP contribution in [0.4, 0.5) is 0 Å². The molecule has 0 aliphatic heterocycles. The van der Waals surface area contributed by atoms with E-state index in [4.69, 9.17) is 5.11 Å². The van der Waals surface area contributed by atoms with Crippen LogP contribution in [0.2, 0.25) is 0 Å². The fourth-order valence-corrected chi connectivity index (χ4v) is 1.68. The highest BCUT2D eigenvalue weighted by Crippen LogP contribution is 2.20. The van der Waals surface area contributed by atoms with Crippen molar-refractivity contribution >= 4 is 11.9 Å². The van der Waals surface area contributed by atoms with E-state index in [1.165, 1.54) is 4.68 Å². The van der Waals surface area contributed by atoms with Gasteiger partial charge in [0, 0.05) is 7.05 Å². The first-order valence-electron chi connectivity index (χ1n) is 5.67. The summed E-state index contributed by atoms with van der Waals surface area (Å²) in [6, 6.07) is 0.678. The Morgan fingerprint density at radius 3 is 2.33 bits per heavy atom. The van der Waals surface area contributed by atoms with Crippen LogP contribution in [0.3, 0.4) is 0 Å². The van der Waals surface area contributed by atoms with E-state index in [0.29, 0.717) is 11.4 Å². The summed E-state index contributed by atoms with van der Waals surface area (Å²) in [5, 5.41) is 15.7. The molecule has 0 saturated carbocycles. The zero-order valence-corrected chi connectivity index (χ0v) is 11.3. The molecule has 1 aromatic heterocycles. The van der Waals surface area contributed by atoms with Crippen molar-refractivity contribution in [2.75, 3.05) is 0 Å². The standard InChI is InChI=1S/C12H19N3O3/c1-7-6-8(15(5)14-7)10(16)13-9(11(17)18)12(2,3)4/h6,9H,1-5H3,(H,13,16)(H,17,18). The molecule has 0 aliphatic carbocycles. The number of amides is 1. The number of hydrogen-bond donors (Lipinski definition) is 2. The van der Waals surface area contributed by atoms with Crippen LogP contribution in [0.25, 0.3) is 0 Å². The van der Waals surface area contributed by atoms with Crippen molar-refractivity contribution in [1.82, 2.24) is 15.1 Å². The predicted octanol–water partition coefficient (Wildman–Crippen LogP) is 0.958. The van der Waals surface area contributed by atoms with E-state index in [0.717, 1.165) is 0 Å². The molecule has 0 aromatic carbocycles. The number of carboxylic acid groups (broad SMARTS) is 1. The Bertz CT molecular complexity index is 471. The molecule has 2 N–H and O–H groups in total. The largest absolute Gasteiger partial charge is 0.480 e. The molecule has 18 heavy (non-hydrogen) atoms. The number of carboxylic acids is 1. The number of aryl methyl sites for hydroxylation is 2. The fraction of sp³-hybridized carbons (Fsp3) is 0.583. The normalized spacial score (nSPS) is 13.2. The van der Waals surface area contributed by atoms with Crippen molar-refractivity contribution in [1.29, 1.82) is 0 Å². The predicted molar refractivity (Wildman–Crippen MR) is 66.3 cm³/mol. The first-order valence-corrected chi connectivity index (χ1v) is 5.67. The molecule has 6 nitrogen and oxygen atoms in total. The Morgan fingerprint density at radius 1 is 1.44 bits per heavy atom. The van der Waals surface area contributed by atoms with Gasteiger partial charge in [0.15, 0.2) is 0 Å². The lowest BCUT2D eigenvalue weighted by Gasteiger charge is -2.27. The Kier molecular flexibility index (Phi) is 3.79. The van der Waals surface area contributed by atoms with Crippen molar-refractivity contribution in [3.8, 4) is 0 Å². The number of rotatable bonds is 3. The number of aromatic nitrogens is 2. The molecular formula is C12H19N3O3. The van der Waals surface area contributed by atoms with E-state index in [-0.39, 0.29) is 0 Å². The second-order valence-electron chi connectivity index (χ2n) is 5.41. The van der Waals surface area contributed by atoms with E-state index < -0.39 is 23.3 Å². The third-order valence-corrected chi connectivity index (χ3v) is 2.62.